The Morgan fingerprint density at radius 1 is 1.35 bits per heavy atom. The molecule has 6 heteroatoms. The van der Waals surface area contributed by atoms with Gasteiger partial charge < -0.3 is 10.1 Å². The molecule has 1 aliphatic heterocycles. The molecule has 5 nitrogen and oxygen atoms in total. The molecule has 0 spiro atoms. The van der Waals surface area contributed by atoms with Crippen molar-refractivity contribution in [1.29, 1.82) is 0 Å². The van der Waals surface area contributed by atoms with Gasteiger partial charge in [0.25, 0.3) is 0 Å². The quantitative estimate of drug-likeness (QED) is 0.871. The van der Waals surface area contributed by atoms with Gasteiger partial charge in [-0.15, -0.1) is 0 Å². The smallest absolute Gasteiger partial charge is 0.243 e. The van der Waals surface area contributed by atoms with Crippen molar-refractivity contribution < 1.29 is 13.2 Å². The van der Waals surface area contributed by atoms with E-state index in [0.717, 1.165) is 25.1 Å². The van der Waals surface area contributed by atoms with E-state index in [1.807, 2.05) is 12.1 Å². The molecule has 1 aliphatic rings. The van der Waals surface area contributed by atoms with Gasteiger partial charge in [-0.25, -0.2) is 8.42 Å². The van der Waals surface area contributed by atoms with Crippen molar-refractivity contribution in [3.63, 3.8) is 0 Å². The van der Waals surface area contributed by atoms with Gasteiger partial charge >= 0.3 is 0 Å². The van der Waals surface area contributed by atoms with Crippen LogP contribution in [0, 0.1) is 0 Å². The summed E-state index contributed by atoms with van der Waals surface area (Å²) in [6.45, 7) is 4.08. The summed E-state index contributed by atoms with van der Waals surface area (Å²) in [5.74, 6) is 0. The Kier molecular flexibility index (Phi) is 5.01. The fourth-order valence-corrected chi connectivity index (χ4v) is 3.56. The van der Waals surface area contributed by atoms with Crippen LogP contribution in [-0.2, 0) is 14.8 Å². The van der Waals surface area contributed by atoms with E-state index >= 15 is 0 Å². The molecule has 0 aromatic heterocycles. The molecular weight excluding hydrogens is 276 g/mol. The van der Waals surface area contributed by atoms with Crippen molar-refractivity contribution in [2.75, 3.05) is 32.1 Å². The Morgan fingerprint density at radius 3 is 2.60 bits per heavy atom. The van der Waals surface area contributed by atoms with Gasteiger partial charge in [-0.05, 0) is 37.1 Å². The third-order valence-electron chi connectivity index (χ3n) is 3.53. The van der Waals surface area contributed by atoms with Crippen LogP contribution in [0.3, 0.4) is 0 Å². The molecule has 1 heterocycles. The summed E-state index contributed by atoms with van der Waals surface area (Å²) in [6, 6.07) is 6.86. The first-order chi connectivity index (χ1) is 9.55. The topological polar surface area (TPSA) is 58.6 Å². The lowest BCUT2D eigenvalue weighted by Crippen LogP contribution is -2.37. The number of likely N-dealkylation sites (N-methyl/N-ethyl adjacent to an activating group) is 1. The van der Waals surface area contributed by atoms with Gasteiger partial charge in [0.2, 0.25) is 10.0 Å². The first-order valence-electron chi connectivity index (χ1n) is 6.95. The van der Waals surface area contributed by atoms with Crippen molar-refractivity contribution in [2.45, 2.75) is 30.7 Å². The van der Waals surface area contributed by atoms with Crippen molar-refractivity contribution in [3.05, 3.63) is 24.3 Å². The van der Waals surface area contributed by atoms with E-state index < -0.39 is 10.0 Å². The van der Waals surface area contributed by atoms with Crippen LogP contribution in [0.2, 0.25) is 0 Å². The van der Waals surface area contributed by atoms with Crippen molar-refractivity contribution >= 4 is 15.7 Å². The lowest BCUT2D eigenvalue weighted by Gasteiger charge is -2.22. The number of sulfonamides is 1. The standard InChI is InChI=1S/C14H22N2O3S/c1-3-9-15-12-4-6-14(7-5-12)20(17,18)16(2)13-8-10-19-11-13/h4-7,13,15H,3,8-11H2,1-2H3. The molecule has 1 unspecified atom stereocenters. The molecule has 0 aliphatic carbocycles. The minimum atomic E-state index is -3.43. The van der Waals surface area contributed by atoms with Gasteiger partial charge in [0.05, 0.1) is 17.5 Å². The molecular formula is C14H22N2O3S. The lowest BCUT2D eigenvalue weighted by molar-refractivity contribution is 0.181. The molecule has 1 saturated heterocycles. The third-order valence-corrected chi connectivity index (χ3v) is 5.45. The second-order valence-electron chi connectivity index (χ2n) is 4.99. The summed E-state index contributed by atoms with van der Waals surface area (Å²) in [5, 5.41) is 3.23. The molecule has 2 rings (SSSR count). The highest BCUT2D eigenvalue weighted by Gasteiger charge is 2.30. The van der Waals surface area contributed by atoms with E-state index in [9.17, 15) is 8.42 Å². The van der Waals surface area contributed by atoms with Crippen LogP contribution in [0.1, 0.15) is 19.8 Å². The molecule has 1 N–H and O–H groups in total. The van der Waals surface area contributed by atoms with Crippen LogP contribution in [0.5, 0.6) is 0 Å². The lowest BCUT2D eigenvalue weighted by atomic mass is 10.3. The van der Waals surface area contributed by atoms with E-state index in [0.29, 0.717) is 18.1 Å². The molecule has 0 saturated carbocycles. The van der Waals surface area contributed by atoms with Gasteiger partial charge in [0.1, 0.15) is 0 Å². The average Bonchev–Trinajstić information content (AvgIpc) is 2.98. The number of hydrogen-bond donors (Lipinski definition) is 1. The Bertz CT molecular complexity index is 522. The number of nitrogens with one attached hydrogen (secondary N) is 1. The summed E-state index contributed by atoms with van der Waals surface area (Å²) in [6.07, 6.45) is 1.79. The van der Waals surface area contributed by atoms with Gasteiger partial charge in [-0.3, -0.25) is 0 Å². The van der Waals surface area contributed by atoms with E-state index in [-0.39, 0.29) is 6.04 Å². The van der Waals surface area contributed by atoms with Crippen LogP contribution in [-0.4, -0.2) is 45.6 Å². The normalized spacial score (nSPS) is 19.4. The second kappa shape index (κ2) is 6.56. The number of nitrogens with zero attached hydrogens (tertiary/aromatic N) is 1. The van der Waals surface area contributed by atoms with E-state index in [1.54, 1.807) is 19.2 Å². The van der Waals surface area contributed by atoms with Crippen molar-refractivity contribution in [1.82, 2.24) is 4.31 Å². The van der Waals surface area contributed by atoms with Gasteiger partial charge in [0, 0.05) is 25.9 Å². The Hall–Kier alpha value is -1.11. The second-order valence-corrected chi connectivity index (χ2v) is 6.99. The zero-order chi connectivity index (χ0) is 14.6. The largest absolute Gasteiger partial charge is 0.385 e. The highest BCUT2D eigenvalue weighted by molar-refractivity contribution is 7.89. The minimum absolute atomic E-state index is 0.0575. The molecule has 20 heavy (non-hydrogen) atoms. The summed E-state index contributed by atoms with van der Waals surface area (Å²) >= 11 is 0. The molecule has 0 radical (unpaired) electrons. The summed E-state index contributed by atoms with van der Waals surface area (Å²) in [7, 11) is -1.81. The first kappa shape index (κ1) is 15.3. The Labute approximate surface area is 121 Å². The van der Waals surface area contributed by atoms with Crippen LogP contribution >= 0.6 is 0 Å². The summed E-state index contributed by atoms with van der Waals surface area (Å²) in [4.78, 5) is 0.328. The number of hydrogen-bond acceptors (Lipinski definition) is 4. The highest BCUT2D eigenvalue weighted by Crippen LogP contribution is 2.22. The van der Waals surface area contributed by atoms with Crippen molar-refractivity contribution in [2.24, 2.45) is 0 Å². The first-order valence-corrected chi connectivity index (χ1v) is 8.39. The SMILES string of the molecule is CCCNc1ccc(S(=O)(=O)N(C)C2CCOC2)cc1. The monoisotopic (exact) mass is 298 g/mol. The fraction of sp³-hybridized carbons (Fsp3) is 0.571. The van der Waals surface area contributed by atoms with E-state index in [4.69, 9.17) is 4.74 Å². The number of anilines is 1. The molecule has 1 aromatic carbocycles. The predicted molar refractivity (Wildman–Crippen MR) is 79.4 cm³/mol. The molecule has 112 valence electrons. The van der Waals surface area contributed by atoms with Crippen LogP contribution in [0.15, 0.2) is 29.2 Å². The number of ether oxygens (including phenoxy) is 1. The summed E-state index contributed by atoms with van der Waals surface area (Å²) in [5.41, 5.74) is 0.942. The Balaban J connectivity index is 2.12. The van der Waals surface area contributed by atoms with Crippen LogP contribution in [0.25, 0.3) is 0 Å². The molecule has 1 aromatic rings. The third kappa shape index (κ3) is 3.31. The fourth-order valence-electron chi connectivity index (χ4n) is 2.19. The molecule has 1 fully saturated rings. The van der Waals surface area contributed by atoms with Gasteiger partial charge in [-0.1, -0.05) is 6.92 Å². The molecule has 0 bridgehead atoms. The van der Waals surface area contributed by atoms with Crippen LogP contribution < -0.4 is 5.32 Å². The highest BCUT2D eigenvalue weighted by atomic mass is 32.2. The minimum Gasteiger partial charge on any atom is -0.385 e. The average molecular weight is 298 g/mol. The predicted octanol–water partition coefficient (Wildman–Crippen LogP) is 1.92. The zero-order valence-electron chi connectivity index (χ0n) is 12.0. The van der Waals surface area contributed by atoms with Crippen LogP contribution in [0.4, 0.5) is 5.69 Å². The maximum Gasteiger partial charge on any atom is 0.243 e. The van der Waals surface area contributed by atoms with E-state index in [2.05, 4.69) is 12.2 Å². The van der Waals surface area contributed by atoms with Gasteiger partial charge in [0.15, 0.2) is 0 Å². The van der Waals surface area contributed by atoms with Crippen molar-refractivity contribution in [3.8, 4) is 0 Å². The summed E-state index contributed by atoms with van der Waals surface area (Å²) < 4.78 is 31.7. The maximum atomic E-state index is 12.5. The molecule has 1 atom stereocenters. The maximum absolute atomic E-state index is 12.5. The zero-order valence-corrected chi connectivity index (χ0v) is 12.8. The van der Waals surface area contributed by atoms with Gasteiger partial charge in [-0.2, -0.15) is 4.31 Å². The van der Waals surface area contributed by atoms with E-state index in [1.165, 1.54) is 4.31 Å². The Morgan fingerprint density at radius 2 is 2.05 bits per heavy atom. The molecule has 0 amide bonds. The number of benzene rings is 1. The number of rotatable bonds is 6.